The van der Waals surface area contributed by atoms with E-state index >= 15 is 4.39 Å². The number of benzene rings is 2. The van der Waals surface area contributed by atoms with Gasteiger partial charge in [-0.2, -0.15) is 5.26 Å². The first-order chi connectivity index (χ1) is 20.7. The van der Waals surface area contributed by atoms with E-state index in [-0.39, 0.29) is 0 Å². The fourth-order valence-corrected chi connectivity index (χ4v) is 6.48. The Hall–Kier alpha value is -3.60. The third-order valence-corrected chi connectivity index (χ3v) is 8.73. The summed E-state index contributed by atoms with van der Waals surface area (Å²) in [6.45, 7) is 4.55. The first-order valence-corrected chi connectivity index (χ1v) is 15.7. The van der Waals surface area contributed by atoms with Crippen LogP contribution in [0.5, 0.6) is 0 Å². The fraction of sp³-hybridized carbons (Fsp3) is 0.367. The number of nitriles is 1. The molecule has 0 spiro atoms. The van der Waals surface area contributed by atoms with Crippen LogP contribution in [0, 0.1) is 17.1 Å². The van der Waals surface area contributed by atoms with Crippen molar-refractivity contribution in [3.05, 3.63) is 65.3 Å². The number of nitrogen functional groups attached to an aromatic ring is 1. The molecule has 1 aliphatic heterocycles. The molecule has 2 aromatic heterocycles. The van der Waals surface area contributed by atoms with E-state index in [1.807, 2.05) is 6.07 Å². The second-order valence-electron chi connectivity index (χ2n) is 11.0. The lowest BCUT2D eigenvalue weighted by Crippen LogP contribution is -2.49. The number of halogens is 2. The van der Waals surface area contributed by atoms with Gasteiger partial charge in [0.15, 0.2) is 10.9 Å². The SMILES string of the molecule is CN1CCN(C2CCC(n3cc(-c4ccc(-c5ccc(C#N)cc5Cl)c(F)c4)c4c(N)ncnc43)CC2)CC1.N[SH](=O)=O. The van der Waals surface area contributed by atoms with Gasteiger partial charge in [0, 0.05) is 66.2 Å². The van der Waals surface area contributed by atoms with Crippen molar-refractivity contribution in [2.45, 2.75) is 37.8 Å². The molecule has 13 heteroatoms. The molecule has 6 rings (SSSR count). The lowest BCUT2D eigenvalue weighted by atomic mass is 9.89. The second kappa shape index (κ2) is 13.4. The molecule has 0 unspecified atom stereocenters. The minimum atomic E-state index is -2.62. The van der Waals surface area contributed by atoms with E-state index in [0.717, 1.165) is 68.5 Å². The molecule has 10 nitrogen and oxygen atoms in total. The average Bonchev–Trinajstić information content (AvgIpc) is 3.39. The van der Waals surface area contributed by atoms with Gasteiger partial charge in [-0.15, -0.1) is 0 Å². The summed E-state index contributed by atoms with van der Waals surface area (Å²) < 4.78 is 35.3. The lowest BCUT2D eigenvalue weighted by Gasteiger charge is -2.41. The predicted octanol–water partition coefficient (Wildman–Crippen LogP) is 4.21. The van der Waals surface area contributed by atoms with Crippen molar-refractivity contribution < 1.29 is 12.8 Å². The standard InChI is InChI=1S/C30H31ClFN7.H3NO2S/c1-37-10-12-38(13-11-37)21-4-6-22(7-5-21)39-17-25(28-29(34)35-18-36-30(28)39)20-3-9-24(27(32)15-20)23-8-2-19(16-33)14-26(23)31;1-4(2)3/h2-3,8-9,14-15,17-18,21-22H,4-7,10-13H2,1H3,(H2,34,35,36);4H,(H2,1,2,3). The fourth-order valence-electron chi connectivity index (χ4n) is 6.20. The number of fused-ring (bicyclic) bond motifs is 1. The highest BCUT2D eigenvalue weighted by molar-refractivity contribution is 7.69. The third kappa shape index (κ3) is 6.82. The van der Waals surface area contributed by atoms with Gasteiger partial charge in [0.05, 0.1) is 17.0 Å². The molecule has 4 aromatic rings. The van der Waals surface area contributed by atoms with Crippen molar-refractivity contribution in [2.24, 2.45) is 5.14 Å². The van der Waals surface area contributed by atoms with Crippen LogP contribution in [0.2, 0.25) is 5.02 Å². The molecule has 0 amide bonds. The Morgan fingerprint density at radius 2 is 1.63 bits per heavy atom. The number of anilines is 1. The van der Waals surface area contributed by atoms with Crippen molar-refractivity contribution in [3.63, 3.8) is 0 Å². The van der Waals surface area contributed by atoms with Crippen molar-refractivity contribution >= 4 is 39.3 Å². The summed E-state index contributed by atoms with van der Waals surface area (Å²) in [6, 6.07) is 13.0. The summed E-state index contributed by atoms with van der Waals surface area (Å²) in [5.41, 5.74) is 10.0. The molecule has 3 heterocycles. The Balaban J connectivity index is 0.000000868. The van der Waals surface area contributed by atoms with Crippen LogP contribution in [0.25, 0.3) is 33.3 Å². The first-order valence-electron chi connectivity index (χ1n) is 14.1. The van der Waals surface area contributed by atoms with E-state index in [1.54, 1.807) is 24.3 Å². The van der Waals surface area contributed by atoms with Crippen molar-refractivity contribution in [2.75, 3.05) is 39.0 Å². The van der Waals surface area contributed by atoms with Gasteiger partial charge in [-0.25, -0.2) is 27.9 Å². The van der Waals surface area contributed by atoms with Crippen LogP contribution < -0.4 is 10.9 Å². The highest BCUT2D eigenvalue weighted by atomic mass is 35.5. The number of thiol groups is 1. The van der Waals surface area contributed by atoms with E-state index in [4.69, 9.17) is 31.0 Å². The molecule has 1 saturated heterocycles. The molecule has 4 N–H and O–H groups in total. The Morgan fingerprint density at radius 3 is 2.26 bits per heavy atom. The van der Waals surface area contributed by atoms with Crippen molar-refractivity contribution in [3.8, 4) is 28.3 Å². The zero-order valence-electron chi connectivity index (χ0n) is 23.8. The number of nitrogens with zero attached hydrogens (tertiary/aromatic N) is 6. The van der Waals surface area contributed by atoms with E-state index in [0.29, 0.717) is 45.2 Å². The highest BCUT2D eigenvalue weighted by Gasteiger charge is 2.30. The first kappa shape index (κ1) is 30.8. The summed E-state index contributed by atoms with van der Waals surface area (Å²) in [4.78, 5) is 13.9. The summed E-state index contributed by atoms with van der Waals surface area (Å²) in [5.74, 6) is -0.0115. The largest absolute Gasteiger partial charge is 0.383 e. The zero-order chi connectivity index (χ0) is 30.7. The van der Waals surface area contributed by atoms with Crippen LogP contribution in [0.1, 0.15) is 37.3 Å². The summed E-state index contributed by atoms with van der Waals surface area (Å²) in [7, 11) is -0.428. The molecule has 43 heavy (non-hydrogen) atoms. The van der Waals surface area contributed by atoms with Crippen molar-refractivity contribution in [1.29, 1.82) is 5.26 Å². The van der Waals surface area contributed by atoms with Gasteiger partial charge in [-0.1, -0.05) is 29.8 Å². The van der Waals surface area contributed by atoms with Crippen LogP contribution in [-0.2, 0) is 10.9 Å². The Kier molecular flexibility index (Phi) is 9.59. The molecule has 1 saturated carbocycles. The zero-order valence-corrected chi connectivity index (χ0v) is 25.4. The number of aromatic nitrogens is 3. The molecule has 1 aliphatic carbocycles. The van der Waals surface area contributed by atoms with Gasteiger partial charge in [0.1, 0.15) is 23.6 Å². The van der Waals surface area contributed by atoms with E-state index in [2.05, 4.69) is 48.8 Å². The lowest BCUT2D eigenvalue weighted by molar-refractivity contribution is 0.0828. The van der Waals surface area contributed by atoms with Gasteiger partial charge in [0.2, 0.25) is 0 Å². The molecule has 2 fully saturated rings. The quantitative estimate of drug-likeness (QED) is 0.286. The Morgan fingerprint density at radius 1 is 0.977 bits per heavy atom. The number of nitrogens with two attached hydrogens (primary N) is 2. The van der Waals surface area contributed by atoms with Crippen LogP contribution >= 0.6 is 11.6 Å². The third-order valence-electron chi connectivity index (χ3n) is 8.42. The maximum atomic E-state index is 15.5. The number of rotatable bonds is 4. The Bertz CT molecular complexity index is 1730. The normalized spacial score (nSPS) is 19.6. The number of likely N-dealkylation sites (N-methyl/N-ethyl adjacent to an activating group) is 1. The van der Waals surface area contributed by atoms with Crippen LogP contribution in [0.4, 0.5) is 10.2 Å². The minimum absolute atomic E-state index is 0.306. The predicted molar refractivity (Wildman–Crippen MR) is 167 cm³/mol. The van der Waals surface area contributed by atoms with Gasteiger partial charge in [-0.3, -0.25) is 4.90 Å². The maximum absolute atomic E-state index is 15.5. The molecular weight excluding hydrogens is 591 g/mol. The average molecular weight is 625 g/mol. The molecule has 0 radical (unpaired) electrons. The number of piperazine rings is 1. The monoisotopic (exact) mass is 624 g/mol. The molecule has 0 atom stereocenters. The minimum Gasteiger partial charge on any atom is -0.383 e. The van der Waals surface area contributed by atoms with E-state index in [1.165, 1.54) is 12.4 Å². The molecule has 2 aliphatic rings. The number of hydrogen-bond donors (Lipinski definition) is 3. The molecule has 0 bridgehead atoms. The summed E-state index contributed by atoms with van der Waals surface area (Å²) in [6.07, 6.45) is 8.00. The molecular formula is C30H34ClFN8O2S. The van der Waals surface area contributed by atoms with Gasteiger partial charge >= 0.3 is 0 Å². The van der Waals surface area contributed by atoms with Crippen LogP contribution in [0.15, 0.2) is 48.9 Å². The van der Waals surface area contributed by atoms with E-state index < -0.39 is 16.7 Å². The van der Waals surface area contributed by atoms with E-state index in [9.17, 15) is 0 Å². The topological polar surface area (TPSA) is 147 Å². The number of hydrogen-bond acceptors (Lipinski definition) is 8. The highest BCUT2D eigenvalue weighted by Crippen LogP contribution is 2.40. The Labute approximate surface area is 256 Å². The smallest absolute Gasteiger partial charge is 0.198 e. The summed E-state index contributed by atoms with van der Waals surface area (Å²) in [5, 5.41) is 14.3. The van der Waals surface area contributed by atoms with Gasteiger partial charge < -0.3 is 15.2 Å². The molecule has 226 valence electrons. The van der Waals surface area contributed by atoms with Crippen LogP contribution in [-0.4, -0.2) is 72.0 Å². The second-order valence-corrected chi connectivity index (χ2v) is 12.0. The van der Waals surface area contributed by atoms with Crippen molar-refractivity contribution in [1.82, 2.24) is 24.3 Å². The van der Waals surface area contributed by atoms with Gasteiger partial charge in [-0.05, 0) is 56.5 Å². The van der Waals surface area contributed by atoms with Gasteiger partial charge in [0.25, 0.3) is 0 Å². The molecule has 2 aromatic carbocycles. The van der Waals surface area contributed by atoms with Crippen LogP contribution in [0.3, 0.4) is 0 Å². The summed E-state index contributed by atoms with van der Waals surface area (Å²) >= 11 is 6.37. The maximum Gasteiger partial charge on any atom is 0.198 e.